The fourth-order valence-electron chi connectivity index (χ4n) is 2.00. The zero-order valence-electron chi connectivity index (χ0n) is 13.5. The third kappa shape index (κ3) is 3.79. The average molecular weight is 330 g/mol. The van der Waals surface area contributed by atoms with E-state index in [9.17, 15) is 0 Å². The van der Waals surface area contributed by atoms with Crippen molar-refractivity contribution in [3.63, 3.8) is 0 Å². The maximum Gasteiger partial charge on any atom is 0.277 e. The van der Waals surface area contributed by atoms with E-state index in [0.29, 0.717) is 28.6 Å². The molecule has 2 heterocycles. The Balaban J connectivity index is 1.69. The van der Waals surface area contributed by atoms with Gasteiger partial charge in [0.25, 0.3) is 5.22 Å². The Morgan fingerprint density at radius 3 is 2.30 bits per heavy atom. The predicted octanol–water partition coefficient (Wildman–Crippen LogP) is 4.02. The minimum atomic E-state index is 0.122. The van der Waals surface area contributed by atoms with Crippen molar-refractivity contribution in [1.29, 1.82) is 0 Å². The molecule has 23 heavy (non-hydrogen) atoms. The monoisotopic (exact) mass is 330 g/mol. The second kappa shape index (κ2) is 6.16. The number of hydrogen-bond donors (Lipinski definition) is 0. The fourth-order valence-corrected chi connectivity index (χ4v) is 2.64. The summed E-state index contributed by atoms with van der Waals surface area (Å²) in [6.45, 7) is 8.30. The van der Waals surface area contributed by atoms with E-state index >= 15 is 0 Å². The smallest absolute Gasteiger partial charge is 0.277 e. The van der Waals surface area contributed by atoms with Crippen molar-refractivity contribution in [1.82, 2.24) is 20.4 Å². The second-order valence-corrected chi connectivity index (χ2v) is 7.13. The number of aryl methyl sites for hydroxylation is 1. The van der Waals surface area contributed by atoms with E-state index in [1.165, 1.54) is 17.3 Å². The lowest BCUT2D eigenvalue weighted by molar-refractivity contribution is 0.428. The standard InChI is InChI=1S/C16H18N4O2S/c1-10-17-20-15(21-10)23-9-13-18-19-14(22-13)11-5-7-12(8-6-11)16(2,3)4/h5-8H,9H2,1-4H3. The molecule has 0 fully saturated rings. The molecule has 0 unspecified atom stereocenters. The van der Waals surface area contributed by atoms with Crippen LogP contribution in [0.2, 0.25) is 0 Å². The molecule has 0 atom stereocenters. The quantitative estimate of drug-likeness (QED) is 0.668. The van der Waals surface area contributed by atoms with Gasteiger partial charge < -0.3 is 8.83 Å². The number of thioether (sulfide) groups is 1. The van der Waals surface area contributed by atoms with E-state index in [4.69, 9.17) is 8.83 Å². The Hall–Kier alpha value is -2.15. The van der Waals surface area contributed by atoms with Crippen molar-refractivity contribution >= 4 is 11.8 Å². The Labute approximate surface area is 138 Å². The van der Waals surface area contributed by atoms with Crippen molar-refractivity contribution in [2.24, 2.45) is 0 Å². The number of rotatable bonds is 4. The van der Waals surface area contributed by atoms with Crippen molar-refractivity contribution in [3.05, 3.63) is 41.6 Å². The molecule has 0 spiro atoms. The lowest BCUT2D eigenvalue weighted by atomic mass is 9.87. The molecule has 0 aliphatic carbocycles. The molecule has 0 saturated carbocycles. The minimum Gasteiger partial charge on any atom is -0.420 e. The third-order valence-corrected chi connectivity index (χ3v) is 4.09. The largest absolute Gasteiger partial charge is 0.420 e. The maximum atomic E-state index is 5.69. The fraction of sp³-hybridized carbons (Fsp3) is 0.375. The van der Waals surface area contributed by atoms with Gasteiger partial charge in [-0.05, 0) is 23.1 Å². The van der Waals surface area contributed by atoms with Crippen LogP contribution in [-0.2, 0) is 11.2 Å². The Morgan fingerprint density at radius 2 is 1.70 bits per heavy atom. The topological polar surface area (TPSA) is 77.8 Å². The SMILES string of the molecule is Cc1nnc(SCc2nnc(-c3ccc(C(C)(C)C)cc3)o2)o1. The minimum absolute atomic E-state index is 0.122. The average Bonchev–Trinajstić information content (AvgIpc) is 3.13. The summed E-state index contributed by atoms with van der Waals surface area (Å²) in [5.74, 6) is 2.08. The van der Waals surface area contributed by atoms with Gasteiger partial charge in [-0.15, -0.1) is 20.4 Å². The highest BCUT2D eigenvalue weighted by Gasteiger charge is 2.15. The zero-order chi connectivity index (χ0) is 16.4. The summed E-state index contributed by atoms with van der Waals surface area (Å²) in [5.41, 5.74) is 2.30. The van der Waals surface area contributed by atoms with Crippen LogP contribution in [0.15, 0.2) is 38.3 Å². The van der Waals surface area contributed by atoms with E-state index in [-0.39, 0.29) is 5.41 Å². The van der Waals surface area contributed by atoms with Gasteiger partial charge in [0.15, 0.2) is 0 Å². The van der Waals surface area contributed by atoms with E-state index < -0.39 is 0 Å². The van der Waals surface area contributed by atoms with Gasteiger partial charge in [-0.2, -0.15) is 0 Å². The molecule has 0 saturated heterocycles. The van der Waals surface area contributed by atoms with Gasteiger partial charge in [-0.1, -0.05) is 44.7 Å². The lowest BCUT2D eigenvalue weighted by Gasteiger charge is -2.18. The summed E-state index contributed by atoms with van der Waals surface area (Å²) in [4.78, 5) is 0. The van der Waals surface area contributed by atoms with Crippen LogP contribution in [0.4, 0.5) is 0 Å². The first kappa shape index (κ1) is 15.7. The first-order valence-electron chi connectivity index (χ1n) is 7.28. The van der Waals surface area contributed by atoms with Gasteiger partial charge in [0.1, 0.15) is 0 Å². The highest BCUT2D eigenvalue weighted by Crippen LogP contribution is 2.27. The molecule has 0 amide bonds. The van der Waals surface area contributed by atoms with E-state index in [0.717, 1.165) is 5.56 Å². The van der Waals surface area contributed by atoms with Gasteiger partial charge in [-0.25, -0.2) is 0 Å². The summed E-state index contributed by atoms with van der Waals surface area (Å²) in [6, 6.07) is 8.20. The molecule has 6 nitrogen and oxygen atoms in total. The van der Waals surface area contributed by atoms with Gasteiger partial charge >= 0.3 is 0 Å². The van der Waals surface area contributed by atoms with Crippen LogP contribution in [0.3, 0.4) is 0 Å². The molecule has 2 aromatic heterocycles. The summed E-state index contributed by atoms with van der Waals surface area (Å²) >= 11 is 1.37. The summed E-state index contributed by atoms with van der Waals surface area (Å²) in [5, 5.41) is 16.3. The van der Waals surface area contributed by atoms with Gasteiger partial charge in [0.05, 0.1) is 5.75 Å². The Morgan fingerprint density at radius 1 is 0.957 bits per heavy atom. The molecule has 3 aromatic rings. The molecular formula is C16H18N4O2S. The summed E-state index contributed by atoms with van der Waals surface area (Å²) < 4.78 is 11.0. The van der Waals surface area contributed by atoms with E-state index in [2.05, 4.69) is 53.3 Å². The molecule has 7 heteroatoms. The van der Waals surface area contributed by atoms with Crippen molar-refractivity contribution in [2.75, 3.05) is 0 Å². The molecule has 1 aromatic carbocycles. The number of benzene rings is 1. The van der Waals surface area contributed by atoms with Crippen LogP contribution >= 0.6 is 11.8 Å². The Bertz CT molecular complexity index is 787. The molecule has 0 aliphatic heterocycles. The van der Waals surface area contributed by atoms with Crippen LogP contribution in [0.1, 0.15) is 38.1 Å². The predicted molar refractivity (Wildman–Crippen MR) is 87.0 cm³/mol. The highest BCUT2D eigenvalue weighted by atomic mass is 32.2. The maximum absolute atomic E-state index is 5.69. The van der Waals surface area contributed by atoms with Gasteiger partial charge in [-0.3, -0.25) is 0 Å². The summed E-state index contributed by atoms with van der Waals surface area (Å²) in [6.07, 6.45) is 0. The molecule has 0 radical (unpaired) electrons. The first-order valence-corrected chi connectivity index (χ1v) is 8.26. The van der Waals surface area contributed by atoms with Crippen LogP contribution < -0.4 is 0 Å². The summed E-state index contributed by atoms with van der Waals surface area (Å²) in [7, 11) is 0. The molecule has 120 valence electrons. The molecule has 3 rings (SSSR count). The number of aromatic nitrogens is 4. The van der Waals surface area contributed by atoms with Crippen LogP contribution in [0.25, 0.3) is 11.5 Å². The zero-order valence-corrected chi connectivity index (χ0v) is 14.3. The molecule has 0 aliphatic rings. The van der Waals surface area contributed by atoms with E-state index in [1.807, 2.05) is 12.1 Å². The van der Waals surface area contributed by atoms with Crippen LogP contribution in [0.5, 0.6) is 0 Å². The van der Waals surface area contributed by atoms with Crippen LogP contribution in [-0.4, -0.2) is 20.4 Å². The Kier molecular flexibility index (Phi) is 4.21. The van der Waals surface area contributed by atoms with E-state index in [1.54, 1.807) is 6.92 Å². The molecule has 0 bridgehead atoms. The second-order valence-electron chi connectivity index (χ2n) is 6.20. The van der Waals surface area contributed by atoms with Crippen molar-refractivity contribution in [2.45, 2.75) is 44.1 Å². The first-order chi connectivity index (χ1) is 10.9. The van der Waals surface area contributed by atoms with Crippen molar-refractivity contribution in [3.8, 4) is 11.5 Å². The lowest BCUT2D eigenvalue weighted by Crippen LogP contribution is -2.10. The van der Waals surface area contributed by atoms with Gasteiger partial charge in [0.2, 0.25) is 17.7 Å². The van der Waals surface area contributed by atoms with Crippen LogP contribution in [0, 0.1) is 6.92 Å². The van der Waals surface area contributed by atoms with Crippen molar-refractivity contribution < 1.29 is 8.83 Å². The molecule has 0 N–H and O–H groups in total. The van der Waals surface area contributed by atoms with Gasteiger partial charge in [0, 0.05) is 12.5 Å². The molecular weight excluding hydrogens is 312 g/mol. The highest BCUT2D eigenvalue weighted by molar-refractivity contribution is 7.98. The number of nitrogens with zero attached hydrogens (tertiary/aromatic N) is 4. The normalized spacial score (nSPS) is 11.8. The number of hydrogen-bond acceptors (Lipinski definition) is 7. The third-order valence-electron chi connectivity index (χ3n) is 3.29.